The second-order valence-electron chi connectivity index (χ2n) is 6.18. The number of ether oxygens (including phenoxy) is 2. The molecule has 1 N–H and O–H groups in total. The maximum atomic E-state index is 6.54. The van der Waals surface area contributed by atoms with E-state index >= 15 is 0 Å². The Kier molecular flexibility index (Phi) is 4.09. The summed E-state index contributed by atoms with van der Waals surface area (Å²) in [7, 11) is 1.97. The van der Waals surface area contributed by atoms with Gasteiger partial charge in [-0.15, -0.1) is 0 Å². The first-order chi connectivity index (χ1) is 11.9. The molecule has 3 aromatic rings. The quantitative estimate of drug-likeness (QED) is 0.782. The summed E-state index contributed by atoms with van der Waals surface area (Å²) in [5.74, 6) is 2.12. The fourth-order valence-corrected chi connectivity index (χ4v) is 3.41. The van der Waals surface area contributed by atoms with Crippen molar-refractivity contribution in [3.63, 3.8) is 0 Å². The lowest BCUT2D eigenvalue weighted by atomic mass is 9.92. The third-order valence-corrected chi connectivity index (χ3v) is 4.58. The molecule has 0 spiro atoms. The average molecular weight is 319 g/mol. The maximum Gasteiger partial charge on any atom is 0.135 e. The van der Waals surface area contributed by atoms with Crippen molar-refractivity contribution in [1.82, 2.24) is 5.32 Å². The van der Waals surface area contributed by atoms with E-state index in [0.29, 0.717) is 6.61 Å². The van der Waals surface area contributed by atoms with Crippen LogP contribution < -0.4 is 14.8 Å². The number of nitrogens with one attached hydrogen (secondary N) is 1. The Bertz CT molecular complexity index is 841. The van der Waals surface area contributed by atoms with E-state index in [4.69, 9.17) is 9.47 Å². The van der Waals surface area contributed by atoms with Crippen LogP contribution in [-0.2, 0) is 0 Å². The highest BCUT2D eigenvalue weighted by molar-refractivity contribution is 5.88. The molecule has 24 heavy (non-hydrogen) atoms. The predicted molar refractivity (Wildman–Crippen MR) is 96.7 cm³/mol. The third kappa shape index (κ3) is 2.72. The number of rotatable bonds is 4. The monoisotopic (exact) mass is 319 g/mol. The molecule has 3 aromatic carbocycles. The number of benzene rings is 3. The van der Waals surface area contributed by atoms with Gasteiger partial charge in [-0.3, -0.25) is 0 Å². The number of fused-ring (bicyclic) bond motifs is 2. The molecule has 1 aliphatic rings. The van der Waals surface area contributed by atoms with Gasteiger partial charge >= 0.3 is 0 Å². The third-order valence-electron chi connectivity index (χ3n) is 4.58. The van der Waals surface area contributed by atoms with E-state index in [0.717, 1.165) is 29.0 Å². The van der Waals surface area contributed by atoms with Crippen molar-refractivity contribution in [2.75, 3.05) is 20.2 Å². The zero-order valence-corrected chi connectivity index (χ0v) is 13.7. The summed E-state index contributed by atoms with van der Waals surface area (Å²) in [4.78, 5) is 0. The van der Waals surface area contributed by atoms with E-state index in [1.165, 1.54) is 5.39 Å². The first-order valence-electron chi connectivity index (χ1n) is 8.37. The minimum atomic E-state index is -0.0202. The van der Waals surface area contributed by atoms with Crippen molar-refractivity contribution in [1.29, 1.82) is 0 Å². The van der Waals surface area contributed by atoms with Gasteiger partial charge in [0.15, 0.2) is 0 Å². The molecule has 0 aromatic heterocycles. The molecule has 0 bridgehead atoms. The van der Waals surface area contributed by atoms with Crippen LogP contribution in [-0.4, -0.2) is 20.2 Å². The Hall–Kier alpha value is -2.52. The minimum Gasteiger partial charge on any atom is -0.493 e. The summed E-state index contributed by atoms with van der Waals surface area (Å²) in [6, 6.07) is 22.7. The molecule has 122 valence electrons. The molecular weight excluding hydrogens is 298 g/mol. The van der Waals surface area contributed by atoms with Crippen molar-refractivity contribution in [2.45, 2.75) is 6.10 Å². The van der Waals surface area contributed by atoms with E-state index < -0.39 is 0 Å². The Morgan fingerprint density at radius 2 is 1.79 bits per heavy atom. The zero-order chi connectivity index (χ0) is 16.4. The molecule has 0 radical (unpaired) electrons. The highest BCUT2D eigenvalue weighted by atomic mass is 16.5. The summed E-state index contributed by atoms with van der Waals surface area (Å²) in [6.07, 6.45) is -0.0202. The molecule has 1 aliphatic heterocycles. The fraction of sp³-hybridized carbons (Fsp3) is 0.238. The van der Waals surface area contributed by atoms with Crippen molar-refractivity contribution < 1.29 is 9.47 Å². The SMILES string of the molecule is CNCC1COc2ccccc2C1Oc1cccc2ccccc12. The average Bonchev–Trinajstić information content (AvgIpc) is 2.64. The molecule has 1 heterocycles. The molecule has 0 saturated carbocycles. The molecule has 4 rings (SSSR count). The molecule has 2 unspecified atom stereocenters. The van der Waals surface area contributed by atoms with Gasteiger partial charge in [0.05, 0.1) is 6.61 Å². The number of hydrogen-bond acceptors (Lipinski definition) is 3. The Morgan fingerprint density at radius 1 is 1.00 bits per heavy atom. The molecule has 0 aliphatic carbocycles. The number of hydrogen-bond donors (Lipinski definition) is 1. The van der Waals surface area contributed by atoms with Crippen LogP contribution in [0.4, 0.5) is 0 Å². The highest BCUT2D eigenvalue weighted by Gasteiger charge is 2.32. The van der Waals surface area contributed by atoms with Crippen LogP contribution >= 0.6 is 0 Å². The van der Waals surface area contributed by atoms with Gasteiger partial charge in [0, 0.05) is 23.4 Å². The second kappa shape index (κ2) is 6.54. The predicted octanol–water partition coefficient (Wildman–Crippen LogP) is 4.19. The number of para-hydroxylation sites is 1. The normalized spacial score (nSPS) is 19.5. The lowest BCUT2D eigenvalue weighted by molar-refractivity contribution is 0.0716. The standard InChI is InChI=1S/C21H21NO2/c1-22-13-16-14-23-19-11-5-4-10-18(19)21(16)24-20-12-6-8-15-7-2-3-9-17(15)20/h2-12,16,21-22H,13-14H2,1H3. The van der Waals surface area contributed by atoms with Gasteiger partial charge in [-0.25, -0.2) is 0 Å². The van der Waals surface area contributed by atoms with Crippen LogP contribution in [0.25, 0.3) is 10.8 Å². The van der Waals surface area contributed by atoms with Gasteiger partial charge in [-0.1, -0.05) is 54.6 Å². The first kappa shape index (κ1) is 15.0. The van der Waals surface area contributed by atoms with Gasteiger partial charge < -0.3 is 14.8 Å². The van der Waals surface area contributed by atoms with Gasteiger partial charge in [0.2, 0.25) is 0 Å². The van der Waals surface area contributed by atoms with Crippen LogP contribution in [0, 0.1) is 5.92 Å². The highest BCUT2D eigenvalue weighted by Crippen LogP contribution is 2.39. The van der Waals surface area contributed by atoms with Gasteiger partial charge in [-0.2, -0.15) is 0 Å². The zero-order valence-electron chi connectivity index (χ0n) is 13.7. The smallest absolute Gasteiger partial charge is 0.135 e. The van der Waals surface area contributed by atoms with E-state index in [1.807, 2.05) is 25.2 Å². The van der Waals surface area contributed by atoms with Crippen molar-refractivity contribution >= 4 is 10.8 Å². The van der Waals surface area contributed by atoms with Gasteiger partial charge in [-0.05, 0) is 24.6 Å². The first-order valence-corrected chi connectivity index (χ1v) is 8.37. The summed E-state index contributed by atoms with van der Waals surface area (Å²) >= 11 is 0. The van der Waals surface area contributed by atoms with E-state index in [2.05, 4.69) is 53.8 Å². The molecule has 3 heteroatoms. The van der Waals surface area contributed by atoms with Crippen molar-refractivity contribution in [3.05, 3.63) is 72.3 Å². The van der Waals surface area contributed by atoms with Crippen LogP contribution in [0.5, 0.6) is 11.5 Å². The van der Waals surface area contributed by atoms with Crippen LogP contribution in [0.3, 0.4) is 0 Å². The Morgan fingerprint density at radius 3 is 2.71 bits per heavy atom. The Labute approximate surface area is 142 Å². The lowest BCUT2D eigenvalue weighted by Crippen LogP contribution is -2.35. The Balaban J connectivity index is 1.75. The van der Waals surface area contributed by atoms with Crippen LogP contribution in [0.2, 0.25) is 0 Å². The molecule has 0 saturated heterocycles. The van der Waals surface area contributed by atoms with E-state index in [1.54, 1.807) is 0 Å². The van der Waals surface area contributed by atoms with Crippen LogP contribution in [0.1, 0.15) is 11.7 Å². The maximum absolute atomic E-state index is 6.54. The molecule has 3 nitrogen and oxygen atoms in total. The van der Waals surface area contributed by atoms with Crippen LogP contribution in [0.15, 0.2) is 66.7 Å². The minimum absolute atomic E-state index is 0.0202. The summed E-state index contributed by atoms with van der Waals surface area (Å²) < 4.78 is 12.5. The lowest BCUT2D eigenvalue weighted by Gasteiger charge is -2.34. The summed E-state index contributed by atoms with van der Waals surface area (Å²) in [5, 5.41) is 5.60. The molecular formula is C21H21NO2. The van der Waals surface area contributed by atoms with Crippen molar-refractivity contribution in [2.24, 2.45) is 5.92 Å². The van der Waals surface area contributed by atoms with Gasteiger partial charge in [0.25, 0.3) is 0 Å². The van der Waals surface area contributed by atoms with E-state index in [9.17, 15) is 0 Å². The van der Waals surface area contributed by atoms with Gasteiger partial charge in [0.1, 0.15) is 17.6 Å². The summed E-state index contributed by atoms with van der Waals surface area (Å²) in [6.45, 7) is 1.51. The van der Waals surface area contributed by atoms with Crippen molar-refractivity contribution in [3.8, 4) is 11.5 Å². The fourth-order valence-electron chi connectivity index (χ4n) is 3.41. The molecule has 0 fully saturated rings. The topological polar surface area (TPSA) is 30.5 Å². The summed E-state index contributed by atoms with van der Waals surface area (Å²) in [5.41, 5.74) is 1.12. The molecule has 2 atom stereocenters. The molecule has 0 amide bonds. The largest absolute Gasteiger partial charge is 0.493 e. The van der Waals surface area contributed by atoms with E-state index in [-0.39, 0.29) is 12.0 Å². The second-order valence-corrected chi connectivity index (χ2v) is 6.18.